The highest BCUT2D eigenvalue weighted by Crippen LogP contribution is 2.30. The van der Waals surface area contributed by atoms with E-state index in [0.29, 0.717) is 27.4 Å². The van der Waals surface area contributed by atoms with Gasteiger partial charge < -0.3 is 0 Å². The second-order valence-electron chi connectivity index (χ2n) is 4.50. The summed E-state index contributed by atoms with van der Waals surface area (Å²) in [6.45, 7) is 0. The van der Waals surface area contributed by atoms with Crippen LogP contribution in [-0.4, -0.2) is 15.4 Å². The minimum Gasteiger partial charge on any atom is -0.247 e. The summed E-state index contributed by atoms with van der Waals surface area (Å²) in [5.41, 5.74) is 2.13. The van der Waals surface area contributed by atoms with E-state index in [0.717, 1.165) is 12.1 Å². The molecule has 0 spiro atoms. The zero-order valence-electron chi connectivity index (χ0n) is 10.9. The molecule has 0 saturated heterocycles. The molecule has 22 heavy (non-hydrogen) atoms. The van der Waals surface area contributed by atoms with Crippen molar-refractivity contribution in [2.75, 3.05) is 0 Å². The van der Waals surface area contributed by atoms with E-state index in [4.69, 9.17) is 16.9 Å². The number of hydrogen-bond acceptors (Lipinski definition) is 3. The first-order valence-corrected chi connectivity index (χ1v) is 6.54. The van der Waals surface area contributed by atoms with Crippen molar-refractivity contribution in [2.45, 2.75) is 0 Å². The molecule has 0 saturated carbocycles. The van der Waals surface area contributed by atoms with Crippen LogP contribution in [0.2, 0.25) is 5.02 Å². The van der Waals surface area contributed by atoms with E-state index in [9.17, 15) is 8.78 Å². The lowest BCUT2D eigenvalue weighted by Gasteiger charge is -2.06. The molecule has 2 aromatic carbocycles. The molecule has 7 heteroatoms. The van der Waals surface area contributed by atoms with Crippen molar-refractivity contribution in [2.24, 2.45) is 0 Å². The smallest absolute Gasteiger partial charge is 0.163 e. The lowest BCUT2D eigenvalue weighted by Crippen LogP contribution is -1.88. The Labute approximate surface area is 129 Å². The van der Waals surface area contributed by atoms with E-state index in [1.165, 1.54) is 6.07 Å². The van der Waals surface area contributed by atoms with Crippen LogP contribution in [-0.2, 0) is 0 Å². The molecule has 1 aromatic heterocycles. The maximum atomic E-state index is 13.4. The molecule has 108 valence electrons. The predicted molar refractivity (Wildman–Crippen MR) is 76.9 cm³/mol. The zero-order chi connectivity index (χ0) is 15.7. The summed E-state index contributed by atoms with van der Waals surface area (Å²) in [5.74, 6) is -1.87. The number of nitrogens with one attached hydrogen (secondary N) is 1. The van der Waals surface area contributed by atoms with Gasteiger partial charge in [-0.05, 0) is 41.5 Å². The zero-order valence-corrected chi connectivity index (χ0v) is 11.7. The Morgan fingerprint density at radius 2 is 1.77 bits per heavy atom. The second-order valence-corrected chi connectivity index (χ2v) is 4.94. The van der Waals surface area contributed by atoms with Gasteiger partial charge in [0.25, 0.3) is 0 Å². The largest absolute Gasteiger partial charge is 0.247 e. The fraction of sp³-hybridized carbons (Fsp3) is 0. The van der Waals surface area contributed by atoms with Gasteiger partial charge in [-0.25, -0.2) is 13.9 Å². The summed E-state index contributed by atoms with van der Waals surface area (Å²) in [6.07, 6.45) is 0. The van der Waals surface area contributed by atoms with E-state index < -0.39 is 11.6 Å². The molecular weight excluding hydrogens is 310 g/mol. The van der Waals surface area contributed by atoms with Crippen LogP contribution in [0.3, 0.4) is 0 Å². The summed E-state index contributed by atoms with van der Waals surface area (Å²) in [7, 11) is 0. The van der Waals surface area contributed by atoms with E-state index in [1.54, 1.807) is 18.2 Å². The normalized spacial score (nSPS) is 10.5. The highest BCUT2D eigenvalue weighted by Gasteiger charge is 2.12. The van der Waals surface area contributed by atoms with Gasteiger partial charge in [0.2, 0.25) is 0 Å². The van der Waals surface area contributed by atoms with Crippen molar-refractivity contribution in [1.29, 1.82) is 5.26 Å². The topological polar surface area (TPSA) is 65.4 Å². The van der Waals surface area contributed by atoms with Crippen LogP contribution in [0.1, 0.15) is 5.69 Å². The van der Waals surface area contributed by atoms with E-state index in [1.807, 2.05) is 6.07 Å². The molecule has 1 N–H and O–H groups in total. The summed E-state index contributed by atoms with van der Waals surface area (Å²) < 4.78 is 26.4. The summed E-state index contributed by atoms with van der Waals surface area (Å²) >= 11 is 6.07. The number of halogens is 3. The molecule has 0 aliphatic heterocycles. The quantitative estimate of drug-likeness (QED) is 0.778. The van der Waals surface area contributed by atoms with Gasteiger partial charge in [-0.15, -0.1) is 5.10 Å². The average molecular weight is 317 g/mol. The van der Waals surface area contributed by atoms with Crippen molar-refractivity contribution in [1.82, 2.24) is 15.4 Å². The van der Waals surface area contributed by atoms with Crippen molar-refractivity contribution in [3.63, 3.8) is 0 Å². The molecule has 0 fully saturated rings. The van der Waals surface area contributed by atoms with E-state index in [-0.39, 0.29) is 5.69 Å². The van der Waals surface area contributed by atoms with Gasteiger partial charge in [-0.3, -0.25) is 0 Å². The fourth-order valence-corrected chi connectivity index (χ4v) is 2.31. The SMILES string of the molecule is N#Cc1[nH]nnc1-c1cc(Cl)cc(-c2ccc(F)c(F)c2)c1. The standard InChI is InChI=1S/C15H7ClF2N4/c16-11-4-9(8-1-2-12(17)13(18)6-8)3-10(5-11)15-14(7-19)20-22-21-15/h1-6H,(H,20,21,22). The Kier molecular flexibility index (Phi) is 3.57. The molecular formula is C15H7ClF2N4. The van der Waals surface area contributed by atoms with Crippen LogP contribution >= 0.6 is 11.6 Å². The van der Waals surface area contributed by atoms with Crippen molar-refractivity contribution < 1.29 is 8.78 Å². The van der Waals surface area contributed by atoms with Crippen molar-refractivity contribution in [3.8, 4) is 28.5 Å². The molecule has 3 aromatic rings. The Hall–Kier alpha value is -2.78. The van der Waals surface area contributed by atoms with Gasteiger partial charge in [0.1, 0.15) is 11.8 Å². The number of H-pyrrole nitrogens is 1. The summed E-state index contributed by atoms with van der Waals surface area (Å²) in [5, 5.41) is 19.3. The predicted octanol–water partition coefficient (Wildman–Crippen LogP) is 3.94. The molecule has 0 aliphatic carbocycles. The number of rotatable bonds is 2. The lowest BCUT2D eigenvalue weighted by molar-refractivity contribution is 0.509. The Morgan fingerprint density at radius 3 is 2.50 bits per heavy atom. The third kappa shape index (κ3) is 2.54. The minimum atomic E-state index is -0.946. The van der Waals surface area contributed by atoms with Crippen LogP contribution in [0.25, 0.3) is 22.4 Å². The first-order chi connectivity index (χ1) is 10.6. The van der Waals surface area contributed by atoms with Crippen LogP contribution < -0.4 is 0 Å². The third-order valence-corrected chi connectivity index (χ3v) is 3.30. The highest BCUT2D eigenvalue weighted by molar-refractivity contribution is 6.31. The number of hydrogen-bond donors (Lipinski definition) is 1. The van der Waals surface area contributed by atoms with Gasteiger partial charge in [0.05, 0.1) is 0 Å². The molecule has 0 amide bonds. The maximum absolute atomic E-state index is 13.4. The van der Waals surface area contributed by atoms with Crippen LogP contribution in [0.5, 0.6) is 0 Å². The number of aromatic amines is 1. The van der Waals surface area contributed by atoms with Crippen LogP contribution in [0, 0.1) is 23.0 Å². The second kappa shape index (κ2) is 5.54. The number of nitrogens with zero attached hydrogens (tertiary/aromatic N) is 3. The van der Waals surface area contributed by atoms with Gasteiger partial charge in [-0.2, -0.15) is 5.26 Å². The Balaban J connectivity index is 2.15. The molecule has 0 atom stereocenters. The summed E-state index contributed by atoms with van der Waals surface area (Å²) in [6, 6.07) is 10.4. The van der Waals surface area contributed by atoms with Crippen LogP contribution in [0.15, 0.2) is 36.4 Å². The molecule has 0 radical (unpaired) electrons. The van der Waals surface area contributed by atoms with Gasteiger partial charge in [0, 0.05) is 10.6 Å². The first kappa shape index (κ1) is 14.2. The Bertz CT molecular complexity index is 899. The minimum absolute atomic E-state index is 0.193. The monoisotopic (exact) mass is 316 g/mol. The molecule has 0 unspecified atom stereocenters. The van der Waals surface area contributed by atoms with Crippen molar-refractivity contribution >= 4 is 11.6 Å². The Morgan fingerprint density at radius 1 is 1.00 bits per heavy atom. The number of aromatic nitrogens is 3. The molecule has 1 heterocycles. The van der Waals surface area contributed by atoms with Gasteiger partial charge in [-0.1, -0.05) is 22.9 Å². The van der Waals surface area contributed by atoms with E-state index >= 15 is 0 Å². The highest BCUT2D eigenvalue weighted by atomic mass is 35.5. The fourth-order valence-electron chi connectivity index (χ4n) is 2.08. The molecule has 0 aliphatic rings. The third-order valence-electron chi connectivity index (χ3n) is 3.08. The lowest BCUT2D eigenvalue weighted by atomic mass is 10.0. The molecule has 4 nitrogen and oxygen atoms in total. The molecule has 3 rings (SSSR count). The first-order valence-electron chi connectivity index (χ1n) is 6.16. The maximum Gasteiger partial charge on any atom is 0.163 e. The van der Waals surface area contributed by atoms with Crippen LogP contribution in [0.4, 0.5) is 8.78 Å². The van der Waals surface area contributed by atoms with Crippen molar-refractivity contribution in [3.05, 3.63) is 58.7 Å². The van der Waals surface area contributed by atoms with Gasteiger partial charge >= 0.3 is 0 Å². The number of nitriles is 1. The van der Waals surface area contributed by atoms with E-state index in [2.05, 4.69) is 15.4 Å². The summed E-state index contributed by atoms with van der Waals surface area (Å²) in [4.78, 5) is 0. The average Bonchev–Trinajstić information content (AvgIpc) is 2.98. The number of benzene rings is 2. The van der Waals surface area contributed by atoms with Gasteiger partial charge in [0.15, 0.2) is 17.3 Å². The molecule has 0 bridgehead atoms.